The maximum absolute atomic E-state index is 12.1. The average Bonchev–Trinajstić information content (AvgIpc) is 2.72. The number of nitrogens with one attached hydrogen (secondary N) is 2. The highest BCUT2D eigenvalue weighted by Crippen LogP contribution is 2.26. The minimum absolute atomic E-state index is 0.103. The fourth-order valence-corrected chi connectivity index (χ4v) is 2.81. The molecule has 1 amide bonds. The Morgan fingerprint density at radius 2 is 1.83 bits per heavy atom. The quantitative estimate of drug-likeness (QED) is 0.407. The first kappa shape index (κ1) is 20.2. The van der Waals surface area contributed by atoms with Crippen LogP contribution in [0, 0.1) is 10.1 Å². The Morgan fingerprint density at radius 3 is 2.55 bits per heavy atom. The van der Waals surface area contributed by atoms with Crippen LogP contribution in [-0.4, -0.2) is 17.4 Å². The smallest absolute Gasteiger partial charge is 0.273 e. The summed E-state index contributed by atoms with van der Waals surface area (Å²) in [5, 5.41) is 17.2. The van der Waals surface area contributed by atoms with E-state index in [-0.39, 0.29) is 18.0 Å². The van der Waals surface area contributed by atoms with E-state index in [0.717, 1.165) is 11.3 Å². The SMILES string of the molecule is O=C(COc1cccc([N+](=O)[O-])c1)Nc1ccc(NCc2ccccc2)c(Cl)c1. The Labute approximate surface area is 172 Å². The number of halogens is 1. The summed E-state index contributed by atoms with van der Waals surface area (Å²) >= 11 is 6.29. The number of anilines is 2. The van der Waals surface area contributed by atoms with Crippen LogP contribution in [0.2, 0.25) is 5.02 Å². The van der Waals surface area contributed by atoms with E-state index in [2.05, 4.69) is 10.6 Å². The lowest BCUT2D eigenvalue weighted by Gasteiger charge is -2.11. The molecule has 0 unspecified atom stereocenters. The predicted octanol–water partition coefficient (Wildman–Crippen LogP) is 4.88. The number of ether oxygens (including phenoxy) is 1. The number of rotatable bonds is 8. The summed E-state index contributed by atoms with van der Waals surface area (Å²) in [5.74, 6) is -0.162. The topological polar surface area (TPSA) is 93.5 Å². The molecule has 0 saturated carbocycles. The first-order valence-corrected chi connectivity index (χ1v) is 9.13. The van der Waals surface area contributed by atoms with Crippen LogP contribution in [0.15, 0.2) is 72.8 Å². The molecule has 0 radical (unpaired) electrons. The number of hydrogen-bond acceptors (Lipinski definition) is 5. The Bertz CT molecular complexity index is 1010. The first-order valence-electron chi connectivity index (χ1n) is 8.76. The molecule has 0 aliphatic rings. The van der Waals surface area contributed by atoms with E-state index >= 15 is 0 Å². The van der Waals surface area contributed by atoms with Crippen LogP contribution in [0.1, 0.15) is 5.56 Å². The summed E-state index contributed by atoms with van der Waals surface area (Å²) in [7, 11) is 0. The number of nitro benzene ring substituents is 1. The fraction of sp³-hybridized carbons (Fsp3) is 0.0952. The van der Waals surface area contributed by atoms with Crippen LogP contribution in [0.3, 0.4) is 0 Å². The zero-order chi connectivity index (χ0) is 20.6. The molecule has 3 rings (SSSR count). The van der Waals surface area contributed by atoms with Crippen LogP contribution >= 0.6 is 11.6 Å². The first-order chi connectivity index (χ1) is 14.0. The van der Waals surface area contributed by atoms with Gasteiger partial charge in [0.1, 0.15) is 5.75 Å². The third kappa shape index (κ3) is 5.95. The molecule has 2 N–H and O–H groups in total. The van der Waals surface area contributed by atoms with Crippen molar-refractivity contribution in [3.63, 3.8) is 0 Å². The van der Waals surface area contributed by atoms with Crippen LogP contribution in [0.5, 0.6) is 5.75 Å². The van der Waals surface area contributed by atoms with Gasteiger partial charge in [-0.25, -0.2) is 0 Å². The van der Waals surface area contributed by atoms with Gasteiger partial charge in [0.15, 0.2) is 6.61 Å². The molecule has 3 aromatic rings. The molecule has 0 aromatic heterocycles. The highest BCUT2D eigenvalue weighted by molar-refractivity contribution is 6.33. The molecule has 0 fully saturated rings. The zero-order valence-electron chi connectivity index (χ0n) is 15.3. The number of amides is 1. The van der Waals surface area contributed by atoms with Gasteiger partial charge in [0, 0.05) is 18.3 Å². The Hall–Kier alpha value is -3.58. The fourth-order valence-electron chi connectivity index (χ4n) is 2.56. The molecule has 0 saturated heterocycles. The van der Waals surface area contributed by atoms with Crippen LogP contribution in [0.25, 0.3) is 0 Å². The zero-order valence-corrected chi connectivity index (χ0v) is 16.1. The average molecular weight is 412 g/mol. The summed E-state index contributed by atoms with van der Waals surface area (Å²) in [6.45, 7) is 0.343. The Morgan fingerprint density at radius 1 is 1.03 bits per heavy atom. The third-order valence-corrected chi connectivity index (χ3v) is 4.29. The van der Waals surface area contributed by atoms with Gasteiger partial charge in [0.05, 0.1) is 21.7 Å². The minimum atomic E-state index is -0.525. The molecule has 0 heterocycles. The van der Waals surface area contributed by atoms with E-state index in [4.69, 9.17) is 16.3 Å². The summed E-state index contributed by atoms with van der Waals surface area (Å²) in [6.07, 6.45) is 0. The summed E-state index contributed by atoms with van der Waals surface area (Å²) in [5.41, 5.74) is 2.29. The van der Waals surface area contributed by atoms with Crippen molar-refractivity contribution in [2.24, 2.45) is 0 Å². The maximum atomic E-state index is 12.1. The lowest BCUT2D eigenvalue weighted by molar-refractivity contribution is -0.384. The molecule has 148 valence electrons. The van der Waals surface area contributed by atoms with Crippen molar-refractivity contribution in [2.75, 3.05) is 17.2 Å². The van der Waals surface area contributed by atoms with Crippen LogP contribution in [-0.2, 0) is 11.3 Å². The monoisotopic (exact) mass is 411 g/mol. The molecular formula is C21H18ClN3O4. The van der Waals surface area contributed by atoms with Gasteiger partial charge in [-0.05, 0) is 29.8 Å². The predicted molar refractivity (Wildman–Crippen MR) is 112 cm³/mol. The van der Waals surface area contributed by atoms with Crippen LogP contribution < -0.4 is 15.4 Å². The molecule has 0 atom stereocenters. The van der Waals surface area contributed by atoms with Crippen molar-refractivity contribution in [3.8, 4) is 5.75 Å². The highest BCUT2D eigenvalue weighted by Gasteiger charge is 2.09. The third-order valence-electron chi connectivity index (χ3n) is 3.98. The summed E-state index contributed by atoms with van der Waals surface area (Å²) in [4.78, 5) is 22.3. The highest BCUT2D eigenvalue weighted by atomic mass is 35.5. The van der Waals surface area contributed by atoms with Gasteiger partial charge >= 0.3 is 0 Å². The van der Waals surface area contributed by atoms with E-state index < -0.39 is 10.8 Å². The molecule has 8 heteroatoms. The van der Waals surface area contributed by atoms with Crippen molar-refractivity contribution in [1.82, 2.24) is 0 Å². The number of carbonyl (C=O) groups is 1. The van der Waals surface area contributed by atoms with Crippen molar-refractivity contribution < 1.29 is 14.5 Å². The van der Waals surface area contributed by atoms with E-state index in [1.165, 1.54) is 18.2 Å². The Balaban J connectivity index is 1.53. The van der Waals surface area contributed by atoms with Gasteiger partial charge in [-0.1, -0.05) is 48.0 Å². The standard InChI is InChI=1S/C21H18ClN3O4/c22-19-11-16(9-10-20(19)23-13-15-5-2-1-3-6-15)24-21(26)14-29-18-8-4-7-17(12-18)25(27)28/h1-12,23H,13-14H2,(H,24,26). The summed E-state index contributed by atoms with van der Waals surface area (Å²) in [6, 6.07) is 20.7. The largest absolute Gasteiger partial charge is 0.484 e. The Kier molecular flexibility index (Phi) is 6.65. The van der Waals surface area contributed by atoms with Crippen molar-refractivity contribution in [2.45, 2.75) is 6.54 Å². The van der Waals surface area contributed by atoms with E-state index in [0.29, 0.717) is 17.3 Å². The molecule has 7 nitrogen and oxygen atoms in total. The maximum Gasteiger partial charge on any atom is 0.273 e. The van der Waals surface area contributed by atoms with Gasteiger partial charge < -0.3 is 15.4 Å². The van der Waals surface area contributed by atoms with Gasteiger partial charge in [0.2, 0.25) is 0 Å². The van der Waals surface area contributed by atoms with Crippen molar-refractivity contribution >= 4 is 34.6 Å². The number of non-ortho nitro benzene ring substituents is 1. The lowest BCUT2D eigenvalue weighted by Crippen LogP contribution is -2.20. The van der Waals surface area contributed by atoms with E-state index in [1.807, 2.05) is 30.3 Å². The molecule has 0 spiro atoms. The minimum Gasteiger partial charge on any atom is -0.484 e. The molecule has 29 heavy (non-hydrogen) atoms. The van der Waals surface area contributed by atoms with Gasteiger partial charge in [-0.3, -0.25) is 14.9 Å². The molecule has 0 aliphatic carbocycles. The second-order valence-electron chi connectivity index (χ2n) is 6.13. The van der Waals surface area contributed by atoms with Gasteiger partial charge in [0.25, 0.3) is 11.6 Å². The van der Waals surface area contributed by atoms with Gasteiger partial charge in [-0.2, -0.15) is 0 Å². The lowest BCUT2D eigenvalue weighted by atomic mass is 10.2. The molecule has 0 bridgehead atoms. The molecule has 3 aromatic carbocycles. The normalized spacial score (nSPS) is 10.2. The number of nitrogens with zero attached hydrogens (tertiary/aromatic N) is 1. The summed E-state index contributed by atoms with van der Waals surface area (Å²) < 4.78 is 5.31. The second kappa shape index (κ2) is 9.57. The van der Waals surface area contributed by atoms with Gasteiger partial charge in [-0.15, -0.1) is 0 Å². The van der Waals surface area contributed by atoms with Crippen molar-refractivity contribution in [1.29, 1.82) is 0 Å². The molecular weight excluding hydrogens is 394 g/mol. The number of benzene rings is 3. The van der Waals surface area contributed by atoms with Crippen LogP contribution in [0.4, 0.5) is 17.1 Å². The number of hydrogen-bond donors (Lipinski definition) is 2. The van der Waals surface area contributed by atoms with E-state index in [9.17, 15) is 14.9 Å². The van der Waals surface area contributed by atoms with Crippen molar-refractivity contribution in [3.05, 3.63) is 93.5 Å². The number of carbonyl (C=O) groups excluding carboxylic acids is 1. The molecule has 0 aliphatic heterocycles. The second-order valence-corrected chi connectivity index (χ2v) is 6.53. The number of nitro groups is 1. The van der Waals surface area contributed by atoms with E-state index in [1.54, 1.807) is 24.3 Å².